The summed E-state index contributed by atoms with van der Waals surface area (Å²) in [7, 11) is 0. The molecule has 0 aromatic heterocycles. The van der Waals surface area contributed by atoms with E-state index in [1.54, 1.807) is 6.07 Å². The van der Waals surface area contributed by atoms with Crippen LogP contribution in [-0.2, 0) is 66.7 Å². The van der Waals surface area contributed by atoms with Gasteiger partial charge in [0.2, 0.25) is 5.91 Å². The highest BCUT2D eigenvalue weighted by Gasteiger charge is 2.73. The van der Waals surface area contributed by atoms with E-state index < -0.39 is 53.7 Å². The zero-order valence-electron chi connectivity index (χ0n) is 38.0. The zero-order valence-corrected chi connectivity index (χ0v) is 38.0. The third-order valence-corrected chi connectivity index (χ3v) is 15.5. The number of rotatable bonds is 18. The van der Waals surface area contributed by atoms with Crippen molar-refractivity contribution in [2.45, 2.75) is 131 Å². The minimum atomic E-state index is -1.06. The molecular formula is C56H62N2O9. The number of hydrogen-bond acceptors (Lipinski definition) is 10. The van der Waals surface area contributed by atoms with Crippen LogP contribution < -0.4 is 10.1 Å². The second kappa shape index (κ2) is 19.1. The maximum absolute atomic E-state index is 14.9. The average molecular weight is 907 g/mol. The molecule has 2 saturated carbocycles. The quantitative estimate of drug-likeness (QED) is 0.0811. The number of aliphatic hydroxyl groups is 1. The SMILES string of the molecule is O=C(CC1O[C@H](COCc2ccccc2)[C@@H](OCc2ccccc2)[C@H](OCc2ccccc2)[C@H]1OCc1ccccc1)NC1CCC2(O)C3Cc4ccc(O)c5c4C2(CCN3CC2CC2)C1O5. The fourth-order valence-electron chi connectivity index (χ4n) is 12.1. The van der Waals surface area contributed by atoms with Gasteiger partial charge in [0.05, 0.1) is 62.6 Å². The number of ether oxygens (including phenoxy) is 6. The van der Waals surface area contributed by atoms with Gasteiger partial charge in [0.25, 0.3) is 0 Å². The van der Waals surface area contributed by atoms with Crippen molar-refractivity contribution < 1.29 is 43.4 Å². The molecule has 11 heteroatoms. The monoisotopic (exact) mass is 906 g/mol. The van der Waals surface area contributed by atoms with Crippen LogP contribution >= 0.6 is 0 Å². The Bertz CT molecular complexity index is 2460. The Kier molecular flexibility index (Phi) is 12.7. The molecule has 2 saturated heterocycles. The fraction of sp³-hybridized carbons (Fsp3) is 0.446. The van der Waals surface area contributed by atoms with E-state index in [0.717, 1.165) is 46.5 Å². The first-order valence-electron chi connectivity index (χ1n) is 24.4. The van der Waals surface area contributed by atoms with Gasteiger partial charge in [-0.2, -0.15) is 0 Å². The van der Waals surface area contributed by atoms with Crippen molar-refractivity contribution in [3.8, 4) is 11.5 Å². The molecule has 4 fully saturated rings. The van der Waals surface area contributed by atoms with Gasteiger partial charge in [-0.15, -0.1) is 0 Å². The standard InChI is InChI=1S/C56H62N2O9/c59-44-24-23-42-29-47-56(61)26-25-43(54-55(56,49(42)50(44)67-54)27-28-58(47)31-37-21-22-37)57-48(60)30-45-51(63-33-39-15-7-2-8-16-39)53(65-35-41-19-11-4-12-20-41)52(64-34-40-17-9-3-10-18-40)46(66-45)36-62-32-38-13-5-1-6-14-38/h1-20,23-24,37,43,45-47,51-54,59,61H,21-22,25-36H2,(H,57,60)/t43?,45?,46-,47?,51+,52-,53-,54?,55?,56?/m1/s1. The third kappa shape index (κ3) is 8.80. The summed E-state index contributed by atoms with van der Waals surface area (Å²) in [5, 5.41) is 27.8. The van der Waals surface area contributed by atoms with Crippen molar-refractivity contribution >= 4 is 5.91 Å². The van der Waals surface area contributed by atoms with Crippen LogP contribution in [0, 0.1) is 5.92 Å². The van der Waals surface area contributed by atoms with Crippen molar-refractivity contribution in [2.24, 2.45) is 5.92 Å². The van der Waals surface area contributed by atoms with Crippen LogP contribution in [0.25, 0.3) is 0 Å². The number of nitrogens with one attached hydrogen (secondary N) is 1. The van der Waals surface area contributed by atoms with Gasteiger partial charge in [0.15, 0.2) is 11.5 Å². The van der Waals surface area contributed by atoms with E-state index in [1.165, 1.54) is 12.8 Å². The van der Waals surface area contributed by atoms with Crippen molar-refractivity contribution in [3.63, 3.8) is 0 Å². The Hall–Kier alpha value is -5.11. The number of phenolic OH excluding ortho intramolecular Hbond substituents is 1. The van der Waals surface area contributed by atoms with Gasteiger partial charge in [-0.25, -0.2) is 0 Å². The molecule has 0 radical (unpaired) electrons. The Morgan fingerprint density at radius 1 is 0.687 bits per heavy atom. The molecule has 11 rings (SSSR count). The highest BCUT2D eigenvalue weighted by atomic mass is 16.6. The van der Waals surface area contributed by atoms with E-state index in [2.05, 4.69) is 10.2 Å². The van der Waals surface area contributed by atoms with E-state index in [-0.39, 0.29) is 37.3 Å². The van der Waals surface area contributed by atoms with Crippen LogP contribution in [0.4, 0.5) is 0 Å². The number of aromatic hydroxyl groups is 1. The van der Waals surface area contributed by atoms with E-state index in [4.69, 9.17) is 28.4 Å². The molecule has 350 valence electrons. The maximum atomic E-state index is 14.9. The number of piperidine rings is 1. The average Bonchev–Trinajstić information content (AvgIpc) is 4.10. The number of benzene rings is 5. The molecule has 6 aliphatic rings. The van der Waals surface area contributed by atoms with Gasteiger partial charge in [0.1, 0.15) is 30.5 Å². The van der Waals surface area contributed by atoms with Gasteiger partial charge >= 0.3 is 0 Å². The number of amides is 1. The number of likely N-dealkylation sites (tertiary alicyclic amines) is 1. The van der Waals surface area contributed by atoms with Crippen LogP contribution in [0.1, 0.15) is 71.9 Å². The first-order chi connectivity index (χ1) is 32.9. The van der Waals surface area contributed by atoms with Crippen LogP contribution in [0.3, 0.4) is 0 Å². The molecule has 11 nitrogen and oxygen atoms in total. The van der Waals surface area contributed by atoms with Gasteiger partial charge in [-0.3, -0.25) is 9.69 Å². The van der Waals surface area contributed by atoms with Crippen molar-refractivity contribution in [1.29, 1.82) is 0 Å². The summed E-state index contributed by atoms with van der Waals surface area (Å²) >= 11 is 0. The van der Waals surface area contributed by atoms with Crippen LogP contribution in [0.5, 0.6) is 11.5 Å². The highest BCUT2D eigenvalue weighted by molar-refractivity contribution is 5.77. The smallest absolute Gasteiger partial charge is 0.223 e. The summed E-state index contributed by atoms with van der Waals surface area (Å²) in [5.41, 5.74) is 4.24. The molecule has 5 aromatic carbocycles. The molecule has 10 atom stereocenters. The molecule has 2 bridgehead atoms. The van der Waals surface area contributed by atoms with Crippen LogP contribution in [0.15, 0.2) is 133 Å². The molecule has 5 aromatic rings. The Balaban J connectivity index is 0.895. The van der Waals surface area contributed by atoms with Gasteiger partial charge in [-0.05, 0) is 84.9 Å². The Morgan fingerprint density at radius 3 is 1.85 bits per heavy atom. The first-order valence-corrected chi connectivity index (χ1v) is 24.4. The van der Waals surface area contributed by atoms with Gasteiger partial charge in [0, 0.05) is 18.2 Å². The minimum absolute atomic E-state index is 0.0348. The van der Waals surface area contributed by atoms with E-state index in [0.29, 0.717) is 57.2 Å². The van der Waals surface area contributed by atoms with Crippen molar-refractivity contribution in [3.05, 3.63) is 167 Å². The fourth-order valence-corrected chi connectivity index (χ4v) is 12.1. The summed E-state index contributed by atoms with van der Waals surface area (Å²) in [6.07, 6.45) is 0.925. The van der Waals surface area contributed by atoms with Crippen LogP contribution in [-0.4, -0.2) is 95.0 Å². The number of nitrogens with zero attached hydrogens (tertiary/aromatic N) is 1. The van der Waals surface area contributed by atoms with Crippen molar-refractivity contribution in [2.75, 3.05) is 19.7 Å². The number of hydrogen-bond donors (Lipinski definition) is 3. The lowest BCUT2D eigenvalue weighted by Gasteiger charge is -2.64. The lowest BCUT2D eigenvalue weighted by atomic mass is 9.48. The third-order valence-electron chi connectivity index (χ3n) is 15.5. The second-order valence-electron chi connectivity index (χ2n) is 19.7. The number of carbonyl (C=O) groups excluding carboxylic acids is 1. The van der Waals surface area contributed by atoms with Crippen molar-refractivity contribution in [1.82, 2.24) is 10.2 Å². The highest BCUT2D eigenvalue weighted by Crippen LogP contribution is 2.65. The lowest BCUT2D eigenvalue weighted by Crippen LogP contribution is -2.78. The maximum Gasteiger partial charge on any atom is 0.223 e. The summed E-state index contributed by atoms with van der Waals surface area (Å²) in [6.45, 7) is 3.25. The normalized spacial score (nSPS) is 30.6. The molecule has 3 aliphatic carbocycles. The summed E-state index contributed by atoms with van der Waals surface area (Å²) in [6, 6.07) is 43.4. The zero-order chi connectivity index (χ0) is 45.4. The molecule has 3 N–H and O–H groups in total. The summed E-state index contributed by atoms with van der Waals surface area (Å²) < 4.78 is 41.0. The number of phenols is 1. The van der Waals surface area contributed by atoms with Gasteiger partial charge in [-0.1, -0.05) is 127 Å². The lowest BCUT2D eigenvalue weighted by molar-refractivity contribution is -0.272. The molecule has 3 heterocycles. The molecule has 67 heavy (non-hydrogen) atoms. The van der Waals surface area contributed by atoms with Gasteiger partial charge < -0.3 is 44.0 Å². The minimum Gasteiger partial charge on any atom is -0.504 e. The molecule has 3 aliphatic heterocycles. The molecule has 1 spiro atoms. The summed E-state index contributed by atoms with van der Waals surface area (Å²) in [4.78, 5) is 17.4. The largest absolute Gasteiger partial charge is 0.504 e. The van der Waals surface area contributed by atoms with E-state index in [9.17, 15) is 15.0 Å². The predicted molar refractivity (Wildman–Crippen MR) is 251 cm³/mol. The van der Waals surface area contributed by atoms with E-state index >= 15 is 0 Å². The first kappa shape index (κ1) is 44.4. The predicted octanol–water partition coefficient (Wildman–Crippen LogP) is 7.57. The molecular weight excluding hydrogens is 845 g/mol. The molecule has 1 amide bonds. The molecule has 6 unspecified atom stereocenters. The second-order valence-corrected chi connectivity index (χ2v) is 19.7. The van der Waals surface area contributed by atoms with E-state index in [1.807, 2.05) is 127 Å². The Morgan fingerprint density at radius 2 is 1.25 bits per heavy atom. The summed E-state index contributed by atoms with van der Waals surface area (Å²) in [5.74, 6) is 1.00. The van der Waals surface area contributed by atoms with Crippen LogP contribution in [0.2, 0.25) is 0 Å². The number of carbonyl (C=O) groups is 1. The topological polar surface area (TPSA) is 128 Å². The Labute approximate surface area is 393 Å².